The van der Waals surface area contributed by atoms with Crippen LogP contribution in [-0.4, -0.2) is 72.2 Å². The fourth-order valence-corrected chi connectivity index (χ4v) is 5.83. The molecule has 9 nitrogen and oxygen atoms in total. The third-order valence-electron chi connectivity index (χ3n) is 8.21. The lowest BCUT2D eigenvalue weighted by Gasteiger charge is -2.37. The van der Waals surface area contributed by atoms with E-state index in [1.54, 1.807) is 12.3 Å². The summed E-state index contributed by atoms with van der Waals surface area (Å²) in [6, 6.07) is 15.2. The second-order valence-corrected chi connectivity index (χ2v) is 10.8. The van der Waals surface area contributed by atoms with Gasteiger partial charge < -0.3 is 25.3 Å². The molecule has 3 aromatic rings. The van der Waals surface area contributed by atoms with Crippen molar-refractivity contribution in [3.8, 4) is 6.07 Å². The van der Waals surface area contributed by atoms with Gasteiger partial charge in [-0.3, -0.25) is 0 Å². The number of piperazine rings is 1. The first-order valence-corrected chi connectivity index (χ1v) is 13.7. The molecule has 0 amide bonds. The van der Waals surface area contributed by atoms with Crippen LogP contribution >= 0.6 is 0 Å². The molecule has 0 bridgehead atoms. The minimum atomic E-state index is 0.317. The Morgan fingerprint density at radius 1 is 0.923 bits per heavy atom. The van der Waals surface area contributed by atoms with Crippen molar-refractivity contribution in [3.05, 3.63) is 70.9 Å². The summed E-state index contributed by atoms with van der Waals surface area (Å²) in [7, 11) is 2.16. The Morgan fingerprint density at radius 2 is 1.74 bits per heavy atom. The molecule has 6 rings (SSSR count). The summed E-state index contributed by atoms with van der Waals surface area (Å²) in [5.74, 6) is 3.02. The van der Waals surface area contributed by atoms with Crippen LogP contribution in [-0.2, 0) is 13.0 Å². The Bertz CT molecular complexity index is 1430. The highest BCUT2D eigenvalue weighted by atomic mass is 15.3. The first-order valence-electron chi connectivity index (χ1n) is 13.7. The van der Waals surface area contributed by atoms with E-state index in [4.69, 9.17) is 5.73 Å². The third-order valence-corrected chi connectivity index (χ3v) is 8.21. The Balaban J connectivity index is 1.21. The number of hydrogen-bond donors (Lipinski definition) is 1. The van der Waals surface area contributed by atoms with Crippen molar-refractivity contribution in [2.24, 2.45) is 0 Å². The average molecular weight is 522 g/mol. The van der Waals surface area contributed by atoms with Gasteiger partial charge in [-0.15, -0.1) is 0 Å². The molecule has 1 aromatic carbocycles. The third kappa shape index (κ3) is 5.25. The Kier molecular flexibility index (Phi) is 6.79. The molecule has 1 atom stereocenters. The minimum absolute atomic E-state index is 0.317. The lowest BCUT2D eigenvalue weighted by Crippen LogP contribution is -2.45. The number of nitrogens with two attached hydrogens (primary N) is 1. The minimum Gasteiger partial charge on any atom is -0.368 e. The Labute approximate surface area is 230 Å². The van der Waals surface area contributed by atoms with Crippen molar-refractivity contribution in [1.82, 2.24) is 19.9 Å². The maximum atomic E-state index is 9.22. The molecule has 1 fully saturated rings. The summed E-state index contributed by atoms with van der Waals surface area (Å²) in [6.07, 6.45) is 5.91. The molecule has 0 radical (unpaired) electrons. The van der Waals surface area contributed by atoms with E-state index in [-0.39, 0.29) is 0 Å². The molecule has 1 unspecified atom stereocenters. The maximum Gasteiger partial charge on any atom is 0.223 e. The van der Waals surface area contributed by atoms with E-state index < -0.39 is 0 Å². The molecule has 200 valence electrons. The average Bonchev–Trinajstić information content (AvgIpc) is 2.97. The van der Waals surface area contributed by atoms with Gasteiger partial charge in [-0.25, -0.2) is 4.98 Å². The van der Waals surface area contributed by atoms with Gasteiger partial charge in [0.15, 0.2) is 0 Å². The van der Waals surface area contributed by atoms with Gasteiger partial charge in [-0.1, -0.05) is 18.2 Å². The zero-order valence-electron chi connectivity index (χ0n) is 22.7. The van der Waals surface area contributed by atoms with Gasteiger partial charge in [0.25, 0.3) is 0 Å². The monoisotopic (exact) mass is 521 g/mol. The van der Waals surface area contributed by atoms with Crippen molar-refractivity contribution in [2.45, 2.75) is 32.4 Å². The summed E-state index contributed by atoms with van der Waals surface area (Å²) < 4.78 is 0. The summed E-state index contributed by atoms with van der Waals surface area (Å²) >= 11 is 0. The van der Waals surface area contributed by atoms with E-state index in [1.807, 2.05) is 6.07 Å². The van der Waals surface area contributed by atoms with Crippen molar-refractivity contribution in [2.75, 3.05) is 66.7 Å². The highest BCUT2D eigenvalue weighted by molar-refractivity contribution is 5.70. The van der Waals surface area contributed by atoms with Gasteiger partial charge in [-0.05, 0) is 67.3 Å². The standard InChI is InChI=1S/C30H35N9/c1-21-15-24-3-4-25(23-6-9-37(10-7-23)27-16-22(19-31)5-8-33-27)17-26(24)20-39(21)29-18-28(34-30(32)35-29)38-13-11-36(2)12-14-38/h3-6,8,16-18,21H,7,9-15,20H2,1-2H3,(H2,32,34,35). The SMILES string of the molecule is CC1Cc2ccc(C3=CCN(c4cc(C#N)ccn4)CC3)cc2CN1c1cc(N2CCN(C)CC2)nc(N)n1. The van der Waals surface area contributed by atoms with Gasteiger partial charge in [0.2, 0.25) is 5.95 Å². The zero-order valence-corrected chi connectivity index (χ0v) is 22.7. The zero-order chi connectivity index (χ0) is 26.9. The van der Waals surface area contributed by atoms with Crippen molar-refractivity contribution in [1.29, 1.82) is 5.26 Å². The molecular formula is C30H35N9. The number of likely N-dealkylation sites (N-methyl/N-ethyl adjacent to an activating group) is 1. The number of fused-ring (bicyclic) bond motifs is 1. The summed E-state index contributed by atoms with van der Waals surface area (Å²) in [5.41, 5.74) is 12.2. The second kappa shape index (κ2) is 10.5. The summed E-state index contributed by atoms with van der Waals surface area (Å²) in [4.78, 5) is 23.0. The van der Waals surface area contributed by atoms with Crippen LogP contribution in [0, 0.1) is 11.3 Å². The number of aromatic nitrogens is 3. The molecule has 2 N–H and O–H groups in total. The molecule has 0 aliphatic carbocycles. The fraction of sp³-hybridized carbons (Fsp3) is 0.400. The quantitative estimate of drug-likeness (QED) is 0.554. The van der Waals surface area contributed by atoms with E-state index in [0.29, 0.717) is 17.6 Å². The normalized spacial score (nSPS) is 19.9. The largest absolute Gasteiger partial charge is 0.368 e. The number of pyridine rings is 1. The van der Waals surface area contributed by atoms with E-state index >= 15 is 0 Å². The lowest BCUT2D eigenvalue weighted by molar-refractivity contribution is 0.312. The second-order valence-electron chi connectivity index (χ2n) is 10.8. The van der Waals surface area contributed by atoms with E-state index in [0.717, 1.165) is 76.1 Å². The maximum absolute atomic E-state index is 9.22. The van der Waals surface area contributed by atoms with Gasteiger partial charge in [0.1, 0.15) is 17.5 Å². The number of rotatable bonds is 4. The predicted molar refractivity (Wildman–Crippen MR) is 156 cm³/mol. The molecule has 5 heterocycles. The van der Waals surface area contributed by atoms with E-state index in [1.165, 1.54) is 22.3 Å². The Morgan fingerprint density at radius 3 is 2.51 bits per heavy atom. The molecular weight excluding hydrogens is 486 g/mol. The topological polar surface area (TPSA) is 101 Å². The van der Waals surface area contributed by atoms with Crippen LogP contribution in [0.5, 0.6) is 0 Å². The molecule has 3 aliphatic heterocycles. The van der Waals surface area contributed by atoms with E-state index in [2.05, 4.69) is 84.9 Å². The van der Waals surface area contributed by atoms with Crippen LogP contribution in [0.1, 0.15) is 35.6 Å². The van der Waals surface area contributed by atoms with Gasteiger partial charge in [0.05, 0.1) is 11.6 Å². The molecule has 0 spiro atoms. The summed E-state index contributed by atoms with van der Waals surface area (Å²) in [5, 5.41) is 9.22. The highest BCUT2D eigenvalue weighted by Gasteiger charge is 2.27. The molecule has 2 aromatic heterocycles. The number of nitriles is 1. The van der Waals surface area contributed by atoms with Crippen molar-refractivity contribution in [3.63, 3.8) is 0 Å². The van der Waals surface area contributed by atoms with Crippen LogP contribution in [0.4, 0.5) is 23.4 Å². The number of hydrogen-bond acceptors (Lipinski definition) is 9. The van der Waals surface area contributed by atoms with E-state index in [9.17, 15) is 5.26 Å². The van der Waals surface area contributed by atoms with Crippen LogP contribution < -0.4 is 20.4 Å². The van der Waals surface area contributed by atoms with Crippen molar-refractivity contribution >= 4 is 29.0 Å². The van der Waals surface area contributed by atoms with Gasteiger partial charge in [-0.2, -0.15) is 15.2 Å². The number of benzene rings is 1. The fourth-order valence-electron chi connectivity index (χ4n) is 5.83. The molecule has 3 aliphatic rings. The first kappa shape index (κ1) is 25.1. The Hall–Kier alpha value is -4.16. The number of nitrogens with zero attached hydrogens (tertiary/aromatic N) is 8. The van der Waals surface area contributed by atoms with Crippen LogP contribution in [0.15, 0.2) is 48.7 Å². The number of nitrogen functional groups attached to an aromatic ring is 1. The highest BCUT2D eigenvalue weighted by Crippen LogP contribution is 2.33. The first-order chi connectivity index (χ1) is 19.0. The van der Waals surface area contributed by atoms with Crippen molar-refractivity contribution < 1.29 is 0 Å². The smallest absolute Gasteiger partial charge is 0.223 e. The number of anilines is 4. The predicted octanol–water partition coefficient (Wildman–Crippen LogP) is 3.32. The van der Waals surface area contributed by atoms with Crippen LogP contribution in [0.25, 0.3) is 5.57 Å². The van der Waals surface area contributed by atoms with Gasteiger partial charge in [0, 0.05) is 64.1 Å². The van der Waals surface area contributed by atoms with Crippen LogP contribution in [0.3, 0.4) is 0 Å². The lowest BCUT2D eigenvalue weighted by atomic mass is 9.90. The summed E-state index contributed by atoms with van der Waals surface area (Å²) in [6.45, 7) is 8.65. The molecule has 1 saturated heterocycles. The molecule has 9 heteroatoms. The molecule has 39 heavy (non-hydrogen) atoms. The van der Waals surface area contributed by atoms with Gasteiger partial charge >= 0.3 is 0 Å². The molecule has 0 saturated carbocycles. The van der Waals surface area contributed by atoms with Crippen LogP contribution in [0.2, 0.25) is 0 Å².